The van der Waals surface area contributed by atoms with Gasteiger partial charge in [0.15, 0.2) is 24.6 Å². The number of benzene rings is 1. The summed E-state index contributed by atoms with van der Waals surface area (Å²) in [5.41, 5.74) is 0.223. The van der Waals surface area contributed by atoms with Crippen molar-refractivity contribution in [1.29, 1.82) is 0 Å². The molecule has 0 bridgehead atoms. The van der Waals surface area contributed by atoms with Crippen molar-refractivity contribution in [3.63, 3.8) is 0 Å². The normalized spacial score (nSPS) is 28.1. The summed E-state index contributed by atoms with van der Waals surface area (Å²) in [7, 11) is 0. The second kappa shape index (κ2) is 8.75. The highest BCUT2D eigenvalue weighted by Crippen LogP contribution is 2.28. The first-order chi connectivity index (χ1) is 12.3. The van der Waals surface area contributed by atoms with Crippen molar-refractivity contribution >= 4 is 17.9 Å². The third-order valence-electron chi connectivity index (χ3n) is 3.65. The van der Waals surface area contributed by atoms with Crippen LogP contribution in [0.15, 0.2) is 30.3 Å². The van der Waals surface area contributed by atoms with Gasteiger partial charge in [-0.2, -0.15) is 0 Å². The maximum atomic E-state index is 12.3. The van der Waals surface area contributed by atoms with E-state index in [2.05, 4.69) is 0 Å². The molecule has 9 nitrogen and oxygen atoms in total. The van der Waals surface area contributed by atoms with Gasteiger partial charge in [0, 0.05) is 13.8 Å². The van der Waals surface area contributed by atoms with E-state index in [1.807, 2.05) is 0 Å². The van der Waals surface area contributed by atoms with Crippen molar-refractivity contribution in [2.24, 2.45) is 0 Å². The molecule has 1 heterocycles. The molecule has 2 N–H and O–H groups in total. The minimum absolute atomic E-state index is 0.223. The van der Waals surface area contributed by atoms with E-state index in [4.69, 9.17) is 18.9 Å². The lowest BCUT2D eigenvalue weighted by Crippen LogP contribution is -2.62. The molecular formula is C17H20O9. The van der Waals surface area contributed by atoms with Crippen molar-refractivity contribution < 1.29 is 43.5 Å². The van der Waals surface area contributed by atoms with Crippen LogP contribution in [0.25, 0.3) is 0 Å². The fourth-order valence-corrected chi connectivity index (χ4v) is 2.59. The molecule has 1 aromatic carbocycles. The van der Waals surface area contributed by atoms with E-state index in [1.54, 1.807) is 18.2 Å². The topological polar surface area (TPSA) is 129 Å². The van der Waals surface area contributed by atoms with Crippen LogP contribution in [0.4, 0.5) is 0 Å². The first-order valence-electron chi connectivity index (χ1n) is 7.88. The summed E-state index contributed by atoms with van der Waals surface area (Å²) < 4.78 is 20.6. The van der Waals surface area contributed by atoms with Crippen LogP contribution >= 0.6 is 0 Å². The largest absolute Gasteiger partial charge is 0.454 e. The van der Waals surface area contributed by atoms with E-state index in [1.165, 1.54) is 12.1 Å². The summed E-state index contributed by atoms with van der Waals surface area (Å²) in [5.74, 6) is -2.27. The number of hydrogen-bond acceptors (Lipinski definition) is 9. The van der Waals surface area contributed by atoms with Crippen LogP contribution in [0.2, 0.25) is 0 Å². The van der Waals surface area contributed by atoms with E-state index in [-0.39, 0.29) is 5.56 Å². The maximum absolute atomic E-state index is 12.3. The van der Waals surface area contributed by atoms with E-state index >= 15 is 0 Å². The number of esters is 3. The molecule has 2 rings (SSSR count). The van der Waals surface area contributed by atoms with Crippen LogP contribution < -0.4 is 0 Å². The molecule has 1 aliphatic heterocycles. The van der Waals surface area contributed by atoms with Gasteiger partial charge in [-0.15, -0.1) is 0 Å². The minimum Gasteiger partial charge on any atom is -0.454 e. The number of hydrogen-bond donors (Lipinski definition) is 2. The molecule has 0 unspecified atom stereocenters. The molecule has 0 saturated carbocycles. The summed E-state index contributed by atoms with van der Waals surface area (Å²) >= 11 is 0. The van der Waals surface area contributed by atoms with Gasteiger partial charge in [-0.1, -0.05) is 18.2 Å². The molecule has 0 spiro atoms. The highest BCUT2D eigenvalue weighted by molar-refractivity contribution is 5.89. The van der Waals surface area contributed by atoms with Gasteiger partial charge in [0.2, 0.25) is 0 Å². The molecule has 5 atom stereocenters. The number of aliphatic hydroxyl groups is 2. The Bertz CT molecular complexity index is 645. The molecule has 0 amide bonds. The highest BCUT2D eigenvalue weighted by atomic mass is 16.7. The standard InChI is InChI=1S/C17H20O9/c1-9(19)23-14-13(26-16(21)11-6-4-3-5-7-11)12(8-18)25-17(22)15(14)24-10(2)20/h3-7,12-15,17-18,22H,8H2,1-2H3/t12-,13-,14+,15+,17+/m1/s1. The van der Waals surface area contributed by atoms with Crippen molar-refractivity contribution in [1.82, 2.24) is 0 Å². The van der Waals surface area contributed by atoms with Gasteiger partial charge < -0.3 is 29.2 Å². The minimum atomic E-state index is -1.67. The predicted octanol–water partition coefficient (Wildman–Crippen LogP) is -0.215. The summed E-state index contributed by atoms with van der Waals surface area (Å²) in [4.78, 5) is 35.1. The van der Waals surface area contributed by atoms with Crippen LogP contribution in [0.5, 0.6) is 0 Å². The number of ether oxygens (including phenoxy) is 4. The van der Waals surface area contributed by atoms with Crippen molar-refractivity contribution in [3.05, 3.63) is 35.9 Å². The van der Waals surface area contributed by atoms with Gasteiger partial charge in [0.05, 0.1) is 12.2 Å². The van der Waals surface area contributed by atoms with Crippen LogP contribution in [0, 0.1) is 0 Å². The van der Waals surface area contributed by atoms with Gasteiger partial charge in [0.1, 0.15) is 6.10 Å². The third kappa shape index (κ3) is 4.78. The second-order valence-electron chi connectivity index (χ2n) is 5.63. The third-order valence-corrected chi connectivity index (χ3v) is 3.65. The first kappa shape index (κ1) is 19.8. The van der Waals surface area contributed by atoms with Crippen LogP contribution in [0.3, 0.4) is 0 Å². The summed E-state index contributed by atoms with van der Waals surface area (Å²) in [6.45, 7) is 1.58. The lowest BCUT2D eigenvalue weighted by Gasteiger charge is -2.42. The molecule has 9 heteroatoms. The second-order valence-corrected chi connectivity index (χ2v) is 5.63. The van der Waals surface area contributed by atoms with E-state index in [0.29, 0.717) is 0 Å². The fourth-order valence-electron chi connectivity index (χ4n) is 2.59. The van der Waals surface area contributed by atoms with Gasteiger partial charge in [-0.05, 0) is 12.1 Å². The van der Waals surface area contributed by atoms with Crippen molar-refractivity contribution in [2.45, 2.75) is 44.6 Å². The van der Waals surface area contributed by atoms with Gasteiger partial charge in [-0.3, -0.25) is 9.59 Å². The Balaban J connectivity index is 2.30. The lowest BCUT2D eigenvalue weighted by atomic mass is 9.98. The SMILES string of the molecule is CC(=O)O[C@@H]1[C@H](OC(C)=O)[C@@H](O)O[C@H](CO)[C@H]1OC(=O)c1ccccc1. The van der Waals surface area contributed by atoms with Gasteiger partial charge in [0.25, 0.3) is 0 Å². The molecule has 1 aromatic rings. The molecule has 1 saturated heterocycles. The Kier molecular flexibility index (Phi) is 6.67. The summed E-state index contributed by atoms with van der Waals surface area (Å²) in [5, 5.41) is 19.5. The average Bonchev–Trinajstić information content (AvgIpc) is 2.60. The quantitative estimate of drug-likeness (QED) is 0.535. The maximum Gasteiger partial charge on any atom is 0.338 e. The first-order valence-corrected chi connectivity index (χ1v) is 7.88. The summed E-state index contributed by atoms with van der Waals surface area (Å²) in [6, 6.07) is 8.00. The molecule has 26 heavy (non-hydrogen) atoms. The number of aliphatic hydroxyl groups excluding tert-OH is 2. The van der Waals surface area contributed by atoms with Crippen molar-refractivity contribution in [2.75, 3.05) is 6.61 Å². The Morgan fingerprint density at radius 1 is 0.962 bits per heavy atom. The zero-order valence-corrected chi connectivity index (χ0v) is 14.2. The molecule has 0 aliphatic carbocycles. The average molecular weight is 368 g/mol. The van der Waals surface area contributed by atoms with Gasteiger partial charge in [-0.25, -0.2) is 4.79 Å². The fraction of sp³-hybridized carbons (Fsp3) is 0.471. The Labute approximate surface area is 149 Å². The van der Waals surface area contributed by atoms with E-state index in [0.717, 1.165) is 13.8 Å². The summed E-state index contributed by atoms with van der Waals surface area (Å²) in [6.07, 6.45) is -6.94. The van der Waals surface area contributed by atoms with E-state index in [9.17, 15) is 24.6 Å². The van der Waals surface area contributed by atoms with Crippen LogP contribution in [-0.4, -0.2) is 65.4 Å². The Morgan fingerprint density at radius 2 is 1.54 bits per heavy atom. The highest BCUT2D eigenvalue weighted by Gasteiger charge is 2.51. The zero-order chi connectivity index (χ0) is 19.3. The Morgan fingerprint density at radius 3 is 2.08 bits per heavy atom. The van der Waals surface area contributed by atoms with Crippen molar-refractivity contribution in [3.8, 4) is 0 Å². The molecule has 0 radical (unpaired) electrons. The number of carbonyl (C=O) groups is 3. The molecule has 1 aliphatic rings. The lowest BCUT2D eigenvalue weighted by molar-refractivity contribution is -0.292. The smallest absolute Gasteiger partial charge is 0.338 e. The molecule has 1 fully saturated rings. The molecular weight excluding hydrogens is 348 g/mol. The Hall–Kier alpha value is -2.49. The van der Waals surface area contributed by atoms with Crippen LogP contribution in [0.1, 0.15) is 24.2 Å². The molecule has 0 aromatic heterocycles. The molecule has 142 valence electrons. The monoisotopic (exact) mass is 368 g/mol. The number of carbonyl (C=O) groups excluding carboxylic acids is 3. The number of rotatable bonds is 5. The van der Waals surface area contributed by atoms with Crippen LogP contribution in [-0.2, 0) is 28.5 Å². The van der Waals surface area contributed by atoms with Gasteiger partial charge >= 0.3 is 17.9 Å². The predicted molar refractivity (Wildman–Crippen MR) is 84.7 cm³/mol. The van der Waals surface area contributed by atoms with E-state index < -0.39 is 55.2 Å². The zero-order valence-electron chi connectivity index (χ0n) is 14.2.